The van der Waals surface area contributed by atoms with Crippen molar-refractivity contribution in [3.8, 4) is 61.4 Å². The molecule has 0 atom stereocenters. The predicted octanol–water partition coefficient (Wildman–Crippen LogP) is 12.5. The summed E-state index contributed by atoms with van der Waals surface area (Å²) in [7, 11) is 0. The van der Waals surface area contributed by atoms with Crippen LogP contribution in [0.15, 0.2) is 182 Å². The molecule has 52 heavy (non-hydrogen) atoms. The van der Waals surface area contributed by atoms with Crippen molar-refractivity contribution in [3.63, 3.8) is 0 Å². The van der Waals surface area contributed by atoms with Crippen LogP contribution in [0.25, 0.3) is 93.3 Å². The van der Waals surface area contributed by atoms with Crippen LogP contribution in [0.5, 0.6) is 0 Å². The van der Waals surface area contributed by atoms with Crippen molar-refractivity contribution in [3.05, 3.63) is 182 Å². The van der Waals surface area contributed by atoms with Gasteiger partial charge in [0.1, 0.15) is 0 Å². The van der Waals surface area contributed by atoms with Gasteiger partial charge in [0.2, 0.25) is 0 Å². The Hall–Kier alpha value is -6.69. The van der Waals surface area contributed by atoms with E-state index in [2.05, 4.69) is 126 Å². The summed E-state index contributed by atoms with van der Waals surface area (Å²) in [5, 5.41) is 3.79. The maximum absolute atomic E-state index is 4.96. The molecule has 0 radical (unpaired) electrons. The molecular formula is C47H30N4S. The Morgan fingerprint density at radius 2 is 0.846 bits per heavy atom. The molecule has 0 aliphatic heterocycles. The molecule has 244 valence electrons. The van der Waals surface area contributed by atoms with E-state index in [1.54, 1.807) is 0 Å². The monoisotopic (exact) mass is 682 g/mol. The quantitative estimate of drug-likeness (QED) is 0.175. The van der Waals surface area contributed by atoms with E-state index < -0.39 is 0 Å². The second-order valence-electron chi connectivity index (χ2n) is 12.8. The lowest BCUT2D eigenvalue weighted by atomic mass is 9.98. The van der Waals surface area contributed by atoms with Gasteiger partial charge < -0.3 is 4.57 Å². The minimum Gasteiger partial charge on any atom is -0.309 e. The van der Waals surface area contributed by atoms with Crippen LogP contribution < -0.4 is 0 Å². The first-order valence-corrected chi connectivity index (χ1v) is 18.2. The molecule has 0 aliphatic rings. The minimum atomic E-state index is 0.642. The summed E-state index contributed by atoms with van der Waals surface area (Å²) >= 11 is 1.89. The highest BCUT2D eigenvalue weighted by molar-refractivity contribution is 7.24. The summed E-state index contributed by atoms with van der Waals surface area (Å²) in [6, 6.07) is 63.7. The third kappa shape index (κ3) is 5.10. The molecule has 0 saturated carbocycles. The largest absolute Gasteiger partial charge is 0.309 e. The van der Waals surface area contributed by atoms with Crippen molar-refractivity contribution < 1.29 is 0 Å². The van der Waals surface area contributed by atoms with Gasteiger partial charge in [-0.2, -0.15) is 0 Å². The van der Waals surface area contributed by atoms with Crippen molar-refractivity contribution in [2.24, 2.45) is 0 Å². The molecule has 0 saturated heterocycles. The highest BCUT2D eigenvalue weighted by Gasteiger charge is 2.22. The zero-order chi connectivity index (χ0) is 34.4. The fraction of sp³-hybridized carbons (Fsp3) is 0. The van der Waals surface area contributed by atoms with Crippen molar-refractivity contribution in [1.29, 1.82) is 0 Å². The molecule has 4 nitrogen and oxygen atoms in total. The predicted molar refractivity (Wildman–Crippen MR) is 217 cm³/mol. The second-order valence-corrected chi connectivity index (χ2v) is 13.8. The highest BCUT2D eigenvalue weighted by atomic mass is 32.1. The fourth-order valence-corrected chi connectivity index (χ4v) is 8.65. The number of nitrogens with zero attached hydrogens (tertiary/aromatic N) is 4. The van der Waals surface area contributed by atoms with Gasteiger partial charge in [0.25, 0.3) is 0 Å². The molecule has 10 rings (SSSR count). The van der Waals surface area contributed by atoms with E-state index in [0.717, 1.165) is 22.4 Å². The van der Waals surface area contributed by atoms with Crippen molar-refractivity contribution in [2.75, 3.05) is 0 Å². The maximum atomic E-state index is 4.96. The van der Waals surface area contributed by atoms with Gasteiger partial charge in [-0.1, -0.05) is 146 Å². The van der Waals surface area contributed by atoms with E-state index in [9.17, 15) is 0 Å². The number of hydrogen-bond acceptors (Lipinski definition) is 4. The van der Waals surface area contributed by atoms with Crippen LogP contribution in [-0.4, -0.2) is 19.5 Å². The number of hydrogen-bond donors (Lipinski definition) is 0. The SMILES string of the molecule is c1ccc(-c2nc(-c3ccccc3)nc(-c3ccc(-n4c5ccccc5c5c6sc(-c7ccccc7)c(-c7ccccc7)c6ccc54)cc3)n2)cc1. The molecule has 5 heteroatoms. The lowest BCUT2D eigenvalue weighted by Gasteiger charge is -2.11. The Bertz CT molecular complexity index is 2800. The van der Waals surface area contributed by atoms with Gasteiger partial charge in [-0.15, -0.1) is 11.3 Å². The molecule has 0 aliphatic carbocycles. The molecule has 0 fully saturated rings. The van der Waals surface area contributed by atoms with E-state index in [-0.39, 0.29) is 0 Å². The van der Waals surface area contributed by atoms with E-state index in [4.69, 9.17) is 15.0 Å². The van der Waals surface area contributed by atoms with Crippen LogP contribution in [-0.2, 0) is 0 Å². The summed E-state index contributed by atoms with van der Waals surface area (Å²) in [6.45, 7) is 0. The molecule has 3 heterocycles. The normalized spacial score (nSPS) is 11.5. The molecule has 0 amide bonds. The van der Waals surface area contributed by atoms with Crippen LogP contribution in [0.1, 0.15) is 0 Å². The van der Waals surface area contributed by atoms with Gasteiger partial charge in [-0.25, -0.2) is 15.0 Å². The Morgan fingerprint density at radius 1 is 0.365 bits per heavy atom. The number of thiophene rings is 1. The molecule has 10 aromatic rings. The third-order valence-electron chi connectivity index (χ3n) is 9.67. The van der Waals surface area contributed by atoms with Crippen LogP contribution in [0.4, 0.5) is 0 Å². The first-order chi connectivity index (χ1) is 25.8. The second kappa shape index (κ2) is 12.6. The van der Waals surface area contributed by atoms with Gasteiger partial charge in [0.15, 0.2) is 17.5 Å². The molecular weight excluding hydrogens is 653 g/mol. The van der Waals surface area contributed by atoms with Crippen LogP contribution >= 0.6 is 11.3 Å². The average molecular weight is 683 g/mol. The Kier molecular flexibility index (Phi) is 7.29. The van der Waals surface area contributed by atoms with Crippen LogP contribution in [0, 0.1) is 0 Å². The number of para-hydroxylation sites is 1. The summed E-state index contributed by atoms with van der Waals surface area (Å²) in [5.41, 5.74) is 10.0. The topological polar surface area (TPSA) is 43.6 Å². The van der Waals surface area contributed by atoms with Gasteiger partial charge in [-0.3, -0.25) is 0 Å². The van der Waals surface area contributed by atoms with Crippen molar-refractivity contribution in [2.45, 2.75) is 0 Å². The molecule has 7 aromatic carbocycles. The number of fused-ring (bicyclic) bond motifs is 5. The molecule has 0 N–H and O–H groups in total. The van der Waals surface area contributed by atoms with Crippen LogP contribution in [0.3, 0.4) is 0 Å². The molecule has 0 unspecified atom stereocenters. The van der Waals surface area contributed by atoms with E-state index in [1.165, 1.54) is 53.5 Å². The van der Waals surface area contributed by atoms with Gasteiger partial charge in [0, 0.05) is 53.7 Å². The van der Waals surface area contributed by atoms with Crippen molar-refractivity contribution >= 4 is 43.2 Å². The molecule has 3 aromatic heterocycles. The van der Waals surface area contributed by atoms with Gasteiger partial charge in [0.05, 0.1) is 11.0 Å². The van der Waals surface area contributed by atoms with Crippen molar-refractivity contribution in [1.82, 2.24) is 19.5 Å². The Morgan fingerprint density at radius 3 is 1.42 bits per heavy atom. The summed E-state index contributed by atoms with van der Waals surface area (Å²) < 4.78 is 3.68. The van der Waals surface area contributed by atoms with Gasteiger partial charge in [-0.05, 0) is 47.5 Å². The smallest absolute Gasteiger partial charge is 0.164 e. The highest BCUT2D eigenvalue weighted by Crippen LogP contribution is 2.49. The van der Waals surface area contributed by atoms with E-state index >= 15 is 0 Å². The third-order valence-corrected chi connectivity index (χ3v) is 10.9. The average Bonchev–Trinajstić information content (AvgIpc) is 3.78. The van der Waals surface area contributed by atoms with Gasteiger partial charge >= 0.3 is 0 Å². The zero-order valence-electron chi connectivity index (χ0n) is 28.0. The standard InChI is InChI=1S/C47H30N4S/c1-5-15-31(16-6-1)41-38-29-30-40-42(44(38)52-43(41)32-17-7-2-8-18-32)37-23-13-14-24-39(37)51(40)36-27-25-35(26-28-36)47-49-45(33-19-9-3-10-20-33)48-46(50-47)34-21-11-4-12-22-34/h1-30H. The lowest BCUT2D eigenvalue weighted by Crippen LogP contribution is -2.00. The molecule has 0 spiro atoms. The first kappa shape index (κ1) is 30.2. The van der Waals surface area contributed by atoms with E-state index in [0.29, 0.717) is 17.5 Å². The number of rotatable bonds is 6. The molecule has 0 bridgehead atoms. The number of benzene rings is 7. The fourth-order valence-electron chi connectivity index (χ4n) is 7.27. The Labute approximate surface area is 305 Å². The summed E-state index contributed by atoms with van der Waals surface area (Å²) in [5.74, 6) is 1.95. The number of aromatic nitrogens is 4. The zero-order valence-corrected chi connectivity index (χ0v) is 28.8. The van der Waals surface area contributed by atoms with E-state index in [1.807, 2.05) is 72.0 Å². The Balaban J connectivity index is 1.15. The summed E-state index contributed by atoms with van der Waals surface area (Å²) in [4.78, 5) is 16.1. The summed E-state index contributed by atoms with van der Waals surface area (Å²) in [6.07, 6.45) is 0. The first-order valence-electron chi connectivity index (χ1n) is 17.4. The van der Waals surface area contributed by atoms with Crippen LogP contribution in [0.2, 0.25) is 0 Å². The minimum absolute atomic E-state index is 0.642. The maximum Gasteiger partial charge on any atom is 0.164 e. The lowest BCUT2D eigenvalue weighted by molar-refractivity contribution is 1.07.